The van der Waals surface area contributed by atoms with Crippen LogP contribution in [0, 0.1) is 13.8 Å². The van der Waals surface area contributed by atoms with E-state index in [1.807, 2.05) is 0 Å². The molecular weight excluding hydrogens is 292 g/mol. The quantitative estimate of drug-likeness (QED) is 0.826. The van der Waals surface area contributed by atoms with Gasteiger partial charge in [0.05, 0.1) is 10.7 Å². The molecule has 0 amide bonds. The number of nitrogens with one attached hydrogen (secondary N) is 1. The maximum absolute atomic E-state index is 11.7. The number of benzene rings is 1. The highest BCUT2D eigenvalue weighted by Gasteiger charge is 2.19. The predicted octanol–water partition coefficient (Wildman–Crippen LogP) is 1.68. The van der Waals surface area contributed by atoms with E-state index in [2.05, 4.69) is 5.10 Å². The third-order valence-corrected chi connectivity index (χ3v) is 4.18. The molecule has 0 saturated heterocycles. The highest BCUT2D eigenvalue weighted by Crippen LogP contribution is 2.28. The molecule has 0 radical (unpaired) electrons. The summed E-state index contributed by atoms with van der Waals surface area (Å²) in [5.41, 5.74) is 1.19. The van der Waals surface area contributed by atoms with E-state index in [9.17, 15) is 13.2 Å². The number of H-pyrrole nitrogens is 1. The van der Waals surface area contributed by atoms with Crippen molar-refractivity contribution in [1.29, 1.82) is 0 Å². The van der Waals surface area contributed by atoms with Crippen molar-refractivity contribution in [1.82, 2.24) is 9.78 Å². The summed E-state index contributed by atoms with van der Waals surface area (Å²) in [6.07, 6.45) is 0. The molecule has 2 N–H and O–H groups in total. The minimum atomic E-state index is -4.39. The molecule has 1 aromatic carbocycles. The number of aromatic amines is 1. The Bertz CT molecular complexity index is 805. The van der Waals surface area contributed by atoms with E-state index in [1.165, 1.54) is 16.8 Å². The van der Waals surface area contributed by atoms with Crippen LogP contribution in [0.5, 0.6) is 0 Å². The molecule has 19 heavy (non-hydrogen) atoms. The fourth-order valence-corrected chi connectivity index (χ4v) is 2.86. The number of hydrogen-bond acceptors (Lipinski definition) is 3. The second-order valence-electron chi connectivity index (χ2n) is 4.11. The maximum atomic E-state index is 11.7. The van der Waals surface area contributed by atoms with Gasteiger partial charge >= 0.3 is 0 Å². The number of nitrogens with zero attached hydrogens (tertiary/aromatic N) is 1. The first-order valence-electron chi connectivity index (χ1n) is 5.27. The highest BCUT2D eigenvalue weighted by atomic mass is 35.5. The summed E-state index contributed by atoms with van der Waals surface area (Å²) < 4.78 is 32.5. The zero-order valence-electron chi connectivity index (χ0n) is 10.1. The van der Waals surface area contributed by atoms with Crippen LogP contribution in [0.2, 0.25) is 5.02 Å². The van der Waals surface area contributed by atoms with Gasteiger partial charge < -0.3 is 0 Å². The summed E-state index contributed by atoms with van der Waals surface area (Å²) in [6, 6.07) is 3.97. The van der Waals surface area contributed by atoms with Crippen LogP contribution in [0.15, 0.2) is 27.9 Å². The van der Waals surface area contributed by atoms with Gasteiger partial charge in [0, 0.05) is 11.8 Å². The molecule has 0 unspecified atom stereocenters. The smallest absolute Gasteiger partial charge is 0.295 e. The summed E-state index contributed by atoms with van der Waals surface area (Å²) in [7, 11) is -4.39. The van der Waals surface area contributed by atoms with Crippen molar-refractivity contribution in [3.8, 4) is 5.69 Å². The van der Waals surface area contributed by atoms with Crippen LogP contribution in [-0.4, -0.2) is 22.8 Å². The molecule has 1 heterocycles. The Hall–Kier alpha value is -1.57. The molecule has 6 nitrogen and oxygen atoms in total. The van der Waals surface area contributed by atoms with Crippen molar-refractivity contribution in [2.24, 2.45) is 0 Å². The molecule has 0 aliphatic rings. The first-order chi connectivity index (χ1) is 8.71. The van der Waals surface area contributed by atoms with Gasteiger partial charge in [-0.3, -0.25) is 14.4 Å². The Morgan fingerprint density at radius 3 is 2.42 bits per heavy atom. The van der Waals surface area contributed by atoms with Crippen molar-refractivity contribution in [3.63, 3.8) is 0 Å². The number of hydrogen-bond donors (Lipinski definition) is 2. The molecule has 0 aliphatic carbocycles. The van der Waals surface area contributed by atoms with E-state index < -0.39 is 10.1 Å². The molecule has 0 aliphatic heterocycles. The van der Waals surface area contributed by atoms with Gasteiger partial charge in [-0.15, -0.1) is 0 Å². The van der Waals surface area contributed by atoms with Gasteiger partial charge in [0.1, 0.15) is 4.90 Å². The van der Waals surface area contributed by atoms with E-state index in [4.69, 9.17) is 16.2 Å². The SMILES string of the molecule is Cc1cc(=O)n(-c2ccc(S(=O)(=O)O)c(Cl)c2C)[nH]1. The lowest BCUT2D eigenvalue weighted by atomic mass is 10.2. The van der Waals surface area contributed by atoms with Crippen molar-refractivity contribution in [2.75, 3.05) is 0 Å². The molecule has 0 fully saturated rings. The first kappa shape index (κ1) is 13.9. The Balaban J connectivity index is 2.73. The molecule has 0 saturated carbocycles. The van der Waals surface area contributed by atoms with Gasteiger partial charge in [-0.25, -0.2) is 4.68 Å². The highest BCUT2D eigenvalue weighted by molar-refractivity contribution is 7.86. The molecule has 1 aromatic heterocycles. The van der Waals surface area contributed by atoms with Gasteiger partial charge in [-0.1, -0.05) is 11.6 Å². The van der Waals surface area contributed by atoms with Gasteiger partial charge in [0.2, 0.25) is 0 Å². The molecule has 0 bridgehead atoms. The molecule has 2 aromatic rings. The maximum Gasteiger partial charge on any atom is 0.296 e. The van der Waals surface area contributed by atoms with Gasteiger partial charge in [0.15, 0.2) is 0 Å². The van der Waals surface area contributed by atoms with Crippen molar-refractivity contribution >= 4 is 21.7 Å². The molecule has 102 valence electrons. The average Bonchev–Trinajstić information content (AvgIpc) is 2.60. The first-order valence-corrected chi connectivity index (χ1v) is 7.09. The van der Waals surface area contributed by atoms with E-state index >= 15 is 0 Å². The Morgan fingerprint density at radius 1 is 1.32 bits per heavy atom. The van der Waals surface area contributed by atoms with Gasteiger partial charge in [-0.05, 0) is 31.5 Å². The van der Waals surface area contributed by atoms with Crippen molar-refractivity contribution in [2.45, 2.75) is 18.7 Å². The van der Waals surface area contributed by atoms with Crippen molar-refractivity contribution < 1.29 is 13.0 Å². The summed E-state index contributed by atoms with van der Waals surface area (Å²) in [6.45, 7) is 3.29. The van der Waals surface area contributed by atoms with Crippen LogP contribution in [0.1, 0.15) is 11.3 Å². The van der Waals surface area contributed by atoms with Crippen molar-refractivity contribution in [3.05, 3.63) is 44.8 Å². The zero-order valence-corrected chi connectivity index (χ0v) is 11.7. The fraction of sp³-hybridized carbons (Fsp3) is 0.182. The fourth-order valence-electron chi connectivity index (χ4n) is 1.78. The van der Waals surface area contributed by atoms with Crippen LogP contribution in [0.4, 0.5) is 0 Å². The molecule has 0 atom stereocenters. The van der Waals surface area contributed by atoms with E-state index in [0.717, 1.165) is 6.07 Å². The van der Waals surface area contributed by atoms with Crippen LogP contribution in [0.25, 0.3) is 5.69 Å². The number of halogens is 1. The molecule has 0 spiro atoms. The zero-order chi connectivity index (χ0) is 14.4. The van der Waals surface area contributed by atoms with Crippen LogP contribution in [-0.2, 0) is 10.1 Å². The molecule has 8 heteroatoms. The Kier molecular flexibility index (Phi) is 3.29. The Labute approximate surface area is 114 Å². The predicted molar refractivity (Wildman–Crippen MR) is 70.7 cm³/mol. The summed E-state index contributed by atoms with van der Waals surface area (Å²) in [5.74, 6) is 0. The largest absolute Gasteiger partial charge is 0.296 e. The molecule has 2 rings (SSSR count). The average molecular weight is 303 g/mol. The van der Waals surface area contributed by atoms with Gasteiger partial charge in [-0.2, -0.15) is 8.42 Å². The second kappa shape index (κ2) is 4.52. The lowest BCUT2D eigenvalue weighted by Gasteiger charge is -2.10. The summed E-state index contributed by atoms with van der Waals surface area (Å²) in [5, 5.41) is 2.71. The monoisotopic (exact) mass is 302 g/mol. The lowest BCUT2D eigenvalue weighted by molar-refractivity contribution is 0.483. The Morgan fingerprint density at radius 2 is 1.95 bits per heavy atom. The molecular formula is C11H11ClN2O4S. The standard InChI is InChI=1S/C11H11ClN2O4S/c1-6-5-10(15)14(13-6)8-3-4-9(19(16,17)18)11(12)7(8)2/h3-5,13H,1-2H3,(H,16,17,18). The third-order valence-electron chi connectivity index (χ3n) is 2.69. The van der Waals surface area contributed by atoms with E-state index in [1.54, 1.807) is 13.8 Å². The van der Waals surface area contributed by atoms with E-state index in [0.29, 0.717) is 16.9 Å². The lowest BCUT2D eigenvalue weighted by Crippen LogP contribution is -2.15. The second-order valence-corrected chi connectivity index (χ2v) is 5.88. The van der Waals surface area contributed by atoms with Crippen LogP contribution >= 0.6 is 11.6 Å². The minimum absolute atomic E-state index is 0.112. The summed E-state index contributed by atoms with van der Waals surface area (Å²) >= 11 is 5.92. The normalized spacial score (nSPS) is 11.8. The van der Waals surface area contributed by atoms with Crippen LogP contribution in [0.3, 0.4) is 0 Å². The number of rotatable bonds is 2. The summed E-state index contributed by atoms with van der Waals surface area (Å²) in [4.78, 5) is 11.3. The third kappa shape index (κ3) is 2.44. The van der Waals surface area contributed by atoms with Gasteiger partial charge in [0.25, 0.3) is 15.7 Å². The van der Waals surface area contributed by atoms with E-state index in [-0.39, 0.29) is 15.5 Å². The topological polar surface area (TPSA) is 92.2 Å². The minimum Gasteiger partial charge on any atom is -0.295 e. The number of aryl methyl sites for hydroxylation is 1. The van der Waals surface area contributed by atoms with Crippen LogP contribution < -0.4 is 5.56 Å². The number of aromatic nitrogens is 2.